The van der Waals surface area contributed by atoms with Crippen molar-refractivity contribution in [3.8, 4) is 11.8 Å². The molecule has 0 amide bonds. The molecule has 2 rings (SSSR count). The molecule has 0 fully saturated rings. The zero-order valence-corrected chi connectivity index (χ0v) is 8.13. The van der Waals surface area contributed by atoms with Gasteiger partial charge in [-0.3, -0.25) is 0 Å². The highest BCUT2D eigenvalue weighted by Crippen LogP contribution is 2.33. The average molecular weight is 208 g/mol. The lowest BCUT2D eigenvalue weighted by Crippen LogP contribution is -1.82. The second-order valence-electron chi connectivity index (χ2n) is 2.72. The number of ether oxygens (including phenoxy) is 1. The smallest absolute Gasteiger partial charge is 0.246 e. The van der Waals surface area contributed by atoms with Crippen molar-refractivity contribution in [1.29, 1.82) is 5.26 Å². The Bertz CT molecular complexity index is 525. The number of furan rings is 1. The Labute approximate surface area is 85.4 Å². The second-order valence-corrected chi connectivity index (χ2v) is 3.15. The van der Waals surface area contributed by atoms with E-state index in [1.54, 1.807) is 18.2 Å². The van der Waals surface area contributed by atoms with E-state index in [9.17, 15) is 0 Å². The van der Waals surface area contributed by atoms with E-state index >= 15 is 0 Å². The maximum Gasteiger partial charge on any atom is 0.246 e. The average Bonchev–Trinajstić information content (AvgIpc) is 2.54. The number of rotatable bonds is 1. The van der Waals surface area contributed by atoms with Crippen LogP contribution < -0.4 is 4.74 Å². The van der Waals surface area contributed by atoms with E-state index in [4.69, 9.17) is 26.0 Å². The van der Waals surface area contributed by atoms with Gasteiger partial charge >= 0.3 is 0 Å². The molecule has 0 atom stereocenters. The quantitative estimate of drug-likeness (QED) is 0.722. The van der Waals surface area contributed by atoms with Crippen LogP contribution in [0.4, 0.5) is 0 Å². The summed E-state index contributed by atoms with van der Waals surface area (Å²) in [7, 11) is 1.49. The van der Waals surface area contributed by atoms with Crippen LogP contribution in [-0.2, 0) is 0 Å². The summed E-state index contributed by atoms with van der Waals surface area (Å²) in [5, 5.41) is 10.1. The van der Waals surface area contributed by atoms with Crippen LogP contribution in [0.15, 0.2) is 22.6 Å². The molecule has 0 radical (unpaired) electrons. The molecule has 0 aliphatic carbocycles. The number of halogens is 1. The summed E-state index contributed by atoms with van der Waals surface area (Å²) < 4.78 is 10.3. The molecule has 14 heavy (non-hydrogen) atoms. The van der Waals surface area contributed by atoms with Crippen LogP contribution in [0.1, 0.15) is 5.76 Å². The molecule has 1 aromatic heterocycles. The summed E-state index contributed by atoms with van der Waals surface area (Å²) in [6.45, 7) is 0. The van der Waals surface area contributed by atoms with Gasteiger partial charge in [0.05, 0.1) is 12.5 Å². The molecular formula is C10H6ClNO2. The first-order valence-electron chi connectivity index (χ1n) is 3.92. The Kier molecular flexibility index (Phi) is 2.06. The van der Waals surface area contributed by atoms with Crippen molar-refractivity contribution in [2.45, 2.75) is 0 Å². The Morgan fingerprint density at radius 3 is 2.93 bits per heavy atom. The van der Waals surface area contributed by atoms with Gasteiger partial charge in [0.1, 0.15) is 11.7 Å². The monoisotopic (exact) mass is 207 g/mol. The third-order valence-corrected chi connectivity index (χ3v) is 2.15. The number of nitrogens with zero attached hydrogens (tertiary/aromatic N) is 1. The fourth-order valence-corrected chi connectivity index (χ4v) is 1.50. The zero-order chi connectivity index (χ0) is 10.1. The fourth-order valence-electron chi connectivity index (χ4n) is 1.32. The number of hydrogen-bond donors (Lipinski definition) is 0. The molecule has 0 unspecified atom stereocenters. The van der Waals surface area contributed by atoms with E-state index in [1.807, 2.05) is 6.07 Å². The van der Waals surface area contributed by atoms with Crippen molar-refractivity contribution < 1.29 is 9.15 Å². The summed E-state index contributed by atoms with van der Waals surface area (Å²) in [5.41, 5.74) is 0.600. The largest absolute Gasteiger partial charge is 0.491 e. The van der Waals surface area contributed by atoms with Crippen LogP contribution in [0.3, 0.4) is 0 Å². The molecule has 0 bridgehead atoms. The third kappa shape index (κ3) is 1.21. The summed E-state index contributed by atoms with van der Waals surface area (Å²) in [5.74, 6) is 0.606. The van der Waals surface area contributed by atoms with E-state index in [-0.39, 0.29) is 5.76 Å². The summed E-state index contributed by atoms with van der Waals surface area (Å²) in [6, 6.07) is 7.04. The standard InChI is InChI=1S/C10H6ClNO2/c1-13-10-7-4-6(11)2-3-8(7)14-9(10)5-12/h2-4H,1H3. The van der Waals surface area contributed by atoms with Crippen molar-refractivity contribution in [3.63, 3.8) is 0 Å². The van der Waals surface area contributed by atoms with Gasteiger partial charge in [0, 0.05) is 5.02 Å². The van der Waals surface area contributed by atoms with Crippen molar-refractivity contribution in [1.82, 2.24) is 0 Å². The molecule has 0 spiro atoms. The van der Waals surface area contributed by atoms with Gasteiger partial charge in [-0.05, 0) is 18.2 Å². The van der Waals surface area contributed by atoms with Gasteiger partial charge in [-0.25, -0.2) is 0 Å². The molecule has 2 aromatic rings. The number of fused-ring (bicyclic) bond motifs is 1. The van der Waals surface area contributed by atoms with Crippen LogP contribution in [0, 0.1) is 11.3 Å². The van der Waals surface area contributed by atoms with Gasteiger partial charge in [-0.1, -0.05) is 11.6 Å². The van der Waals surface area contributed by atoms with Crippen LogP contribution in [0.25, 0.3) is 11.0 Å². The Hall–Kier alpha value is -1.66. The molecule has 1 aromatic carbocycles. The molecule has 0 saturated carbocycles. The molecule has 0 aliphatic rings. The van der Waals surface area contributed by atoms with Gasteiger partial charge in [0.25, 0.3) is 0 Å². The lowest BCUT2D eigenvalue weighted by Gasteiger charge is -1.94. The molecule has 1 heterocycles. The maximum absolute atomic E-state index is 8.76. The van der Waals surface area contributed by atoms with Crippen molar-refractivity contribution in [3.05, 3.63) is 29.0 Å². The number of methoxy groups -OCH3 is 1. The van der Waals surface area contributed by atoms with Gasteiger partial charge in [-0.2, -0.15) is 5.26 Å². The first-order valence-corrected chi connectivity index (χ1v) is 4.30. The topological polar surface area (TPSA) is 46.2 Å². The molecule has 0 aliphatic heterocycles. The van der Waals surface area contributed by atoms with E-state index in [0.29, 0.717) is 16.4 Å². The highest BCUT2D eigenvalue weighted by atomic mass is 35.5. The third-order valence-electron chi connectivity index (χ3n) is 1.91. The minimum atomic E-state index is 0.171. The van der Waals surface area contributed by atoms with E-state index in [1.165, 1.54) is 7.11 Å². The maximum atomic E-state index is 8.76. The van der Waals surface area contributed by atoms with E-state index in [0.717, 1.165) is 5.39 Å². The van der Waals surface area contributed by atoms with Gasteiger partial charge in [-0.15, -0.1) is 0 Å². The summed E-state index contributed by atoms with van der Waals surface area (Å²) in [4.78, 5) is 0. The minimum absolute atomic E-state index is 0.171. The highest BCUT2D eigenvalue weighted by Gasteiger charge is 2.14. The summed E-state index contributed by atoms with van der Waals surface area (Å²) >= 11 is 5.82. The number of benzene rings is 1. The Balaban J connectivity index is 2.83. The molecule has 4 heteroatoms. The number of nitriles is 1. The predicted molar refractivity (Wildman–Crippen MR) is 52.5 cm³/mol. The SMILES string of the molecule is COc1c(C#N)oc2ccc(Cl)cc12. The van der Waals surface area contributed by atoms with E-state index < -0.39 is 0 Å². The molecule has 0 saturated heterocycles. The Morgan fingerprint density at radius 1 is 1.50 bits per heavy atom. The van der Waals surface area contributed by atoms with Crippen molar-refractivity contribution in [2.75, 3.05) is 7.11 Å². The first-order chi connectivity index (χ1) is 6.76. The van der Waals surface area contributed by atoms with Crippen molar-refractivity contribution >= 4 is 22.6 Å². The lowest BCUT2D eigenvalue weighted by molar-refractivity contribution is 0.407. The molecule has 70 valence electrons. The van der Waals surface area contributed by atoms with Crippen molar-refractivity contribution in [2.24, 2.45) is 0 Å². The first kappa shape index (κ1) is 8.92. The van der Waals surface area contributed by atoms with Gasteiger partial charge < -0.3 is 9.15 Å². The van der Waals surface area contributed by atoms with Crippen LogP contribution in [0.5, 0.6) is 5.75 Å². The van der Waals surface area contributed by atoms with E-state index in [2.05, 4.69) is 0 Å². The van der Waals surface area contributed by atoms with Gasteiger partial charge in [0.2, 0.25) is 5.76 Å². The highest BCUT2D eigenvalue weighted by molar-refractivity contribution is 6.31. The molecular weight excluding hydrogens is 202 g/mol. The number of hydrogen-bond acceptors (Lipinski definition) is 3. The lowest BCUT2D eigenvalue weighted by atomic mass is 10.2. The molecule has 0 N–H and O–H groups in total. The van der Waals surface area contributed by atoms with Crippen LogP contribution in [0.2, 0.25) is 5.02 Å². The fraction of sp³-hybridized carbons (Fsp3) is 0.100. The Morgan fingerprint density at radius 2 is 2.29 bits per heavy atom. The van der Waals surface area contributed by atoms with Crippen LogP contribution in [-0.4, -0.2) is 7.11 Å². The van der Waals surface area contributed by atoms with Crippen LogP contribution >= 0.6 is 11.6 Å². The zero-order valence-electron chi connectivity index (χ0n) is 7.37. The minimum Gasteiger partial charge on any atom is -0.491 e. The van der Waals surface area contributed by atoms with Gasteiger partial charge in [0.15, 0.2) is 5.75 Å². The second kappa shape index (κ2) is 3.24. The summed E-state index contributed by atoms with van der Waals surface area (Å²) in [6.07, 6.45) is 0. The predicted octanol–water partition coefficient (Wildman–Crippen LogP) is 2.97. The normalized spacial score (nSPS) is 10.1. The molecule has 3 nitrogen and oxygen atoms in total.